The Morgan fingerprint density at radius 3 is 2.80 bits per heavy atom. The maximum absolute atomic E-state index is 9.67. The number of nitrogens with two attached hydrogens (primary N) is 1. The quantitative estimate of drug-likeness (QED) is 0.587. The zero-order valence-electron chi connectivity index (χ0n) is 9.11. The highest BCUT2D eigenvalue weighted by Crippen LogP contribution is 2.27. The topological polar surface area (TPSA) is 49.5 Å². The summed E-state index contributed by atoms with van der Waals surface area (Å²) >= 11 is 0. The Kier molecular flexibility index (Phi) is 2.82. The molecule has 82 valence electrons. The molecule has 1 aliphatic rings. The summed E-state index contributed by atoms with van der Waals surface area (Å²) in [4.78, 5) is 2.29. The van der Waals surface area contributed by atoms with Crippen LogP contribution in [0.1, 0.15) is 24.8 Å². The maximum atomic E-state index is 9.67. The van der Waals surface area contributed by atoms with Crippen molar-refractivity contribution < 1.29 is 5.11 Å². The highest BCUT2D eigenvalue weighted by atomic mass is 16.3. The second-order valence-electron chi connectivity index (χ2n) is 4.39. The molecule has 0 bridgehead atoms. The third-order valence-electron chi connectivity index (χ3n) is 3.22. The van der Waals surface area contributed by atoms with E-state index in [0.29, 0.717) is 17.5 Å². The lowest BCUT2D eigenvalue weighted by Crippen LogP contribution is -2.36. The standard InChI is InChI=1S/C12H18N2O/c1-14(11-3-2-4-11)8-9-7-10(13)5-6-12(9)15/h5-7,11,15H,2-4,8,13H2,1H3. The van der Waals surface area contributed by atoms with Crippen LogP contribution in [0.15, 0.2) is 18.2 Å². The predicted molar refractivity (Wildman–Crippen MR) is 61.6 cm³/mol. The van der Waals surface area contributed by atoms with E-state index >= 15 is 0 Å². The Morgan fingerprint density at radius 1 is 1.47 bits per heavy atom. The van der Waals surface area contributed by atoms with Crippen molar-refractivity contribution >= 4 is 5.69 Å². The average Bonchev–Trinajstić information content (AvgIpc) is 2.08. The highest BCUT2D eigenvalue weighted by Gasteiger charge is 2.22. The van der Waals surface area contributed by atoms with Crippen LogP contribution in [-0.2, 0) is 6.54 Å². The van der Waals surface area contributed by atoms with E-state index in [4.69, 9.17) is 5.73 Å². The van der Waals surface area contributed by atoms with Crippen molar-refractivity contribution in [2.24, 2.45) is 0 Å². The smallest absolute Gasteiger partial charge is 0.120 e. The summed E-state index contributed by atoms with van der Waals surface area (Å²) in [7, 11) is 2.10. The van der Waals surface area contributed by atoms with E-state index in [-0.39, 0.29) is 0 Å². The SMILES string of the molecule is CN(Cc1cc(N)ccc1O)C1CCC1. The molecule has 3 nitrogen and oxygen atoms in total. The normalized spacial score (nSPS) is 16.7. The van der Waals surface area contributed by atoms with E-state index in [2.05, 4.69) is 11.9 Å². The minimum absolute atomic E-state index is 0.343. The first-order valence-corrected chi connectivity index (χ1v) is 5.44. The summed E-state index contributed by atoms with van der Waals surface area (Å²) in [5, 5.41) is 9.67. The Hall–Kier alpha value is -1.22. The first-order valence-electron chi connectivity index (χ1n) is 5.44. The predicted octanol–water partition coefficient (Wildman–Crippen LogP) is 1.96. The number of anilines is 1. The maximum Gasteiger partial charge on any atom is 0.120 e. The number of hydrogen-bond acceptors (Lipinski definition) is 3. The Balaban J connectivity index is 2.05. The number of hydrogen-bond donors (Lipinski definition) is 2. The third-order valence-corrected chi connectivity index (χ3v) is 3.22. The number of rotatable bonds is 3. The van der Waals surface area contributed by atoms with E-state index in [1.807, 2.05) is 6.07 Å². The molecule has 0 radical (unpaired) electrons. The molecule has 0 unspecified atom stereocenters. The van der Waals surface area contributed by atoms with Crippen molar-refractivity contribution in [1.82, 2.24) is 4.90 Å². The van der Waals surface area contributed by atoms with Gasteiger partial charge in [-0.2, -0.15) is 0 Å². The molecule has 1 aliphatic carbocycles. The second-order valence-corrected chi connectivity index (χ2v) is 4.39. The van der Waals surface area contributed by atoms with Gasteiger partial charge in [-0.1, -0.05) is 6.42 Å². The molecule has 0 aromatic heterocycles. The Morgan fingerprint density at radius 2 is 2.20 bits per heavy atom. The monoisotopic (exact) mass is 206 g/mol. The molecular formula is C12H18N2O. The number of nitrogens with zero attached hydrogens (tertiary/aromatic N) is 1. The molecule has 0 saturated heterocycles. The second kappa shape index (κ2) is 4.11. The summed E-state index contributed by atoms with van der Waals surface area (Å²) < 4.78 is 0. The van der Waals surface area contributed by atoms with E-state index in [1.165, 1.54) is 19.3 Å². The van der Waals surface area contributed by atoms with Gasteiger partial charge in [-0.15, -0.1) is 0 Å². The van der Waals surface area contributed by atoms with Crippen LogP contribution < -0.4 is 5.73 Å². The van der Waals surface area contributed by atoms with Gasteiger partial charge in [-0.25, -0.2) is 0 Å². The van der Waals surface area contributed by atoms with E-state index in [1.54, 1.807) is 12.1 Å². The number of phenols is 1. The van der Waals surface area contributed by atoms with Crippen molar-refractivity contribution in [2.45, 2.75) is 31.8 Å². The number of aromatic hydroxyl groups is 1. The van der Waals surface area contributed by atoms with Gasteiger partial charge in [-0.05, 0) is 38.1 Å². The van der Waals surface area contributed by atoms with Crippen LogP contribution >= 0.6 is 0 Å². The first-order chi connectivity index (χ1) is 7.16. The summed E-state index contributed by atoms with van der Waals surface area (Å²) in [5.41, 5.74) is 7.33. The van der Waals surface area contributed by atoms with Crippen LogP contribution in [0.2, 0.25) is 0 Å². The van der Waals surface area contributed by atoms with E-state index in [9.17, 15) is 5.11 Å². The zero-order chi connectivity index (χ0) is 10.8. The van der Waals surface area contributed by atoms with Crippen molar-refractivity contribution in [1.29, 1.82) is 0 Å². The van der Waals surface area contributed by atoms with Crippen molar-refractivity contribution in [3.63, 3.8) is 0 Å². The van der Waals surface area contributed by atoms with Gasteiger partial charge in [0.05, 0.1) is 0 Å². The zero-order valence-corrected chi connectivity index (χ0v) is 9.11. The summed E-state index contributed by atoms with van der Waals surface area (Å²) in [5.74, 6) is 0.343. The third kappa shape index (κ3) is 2.23. The fourth-order valence-electron chi connectivity index (χ4n) is 1.96. The lowest BCUT2D eigenvalue weighted by molar-refractivity contribution is 0.151. The van der Waals surface area contributed by atoms with Crippen molar-refractivity contribution in [3.05, 3.63) is 23.8 Å². The van der Waals surface area contributed by atoms with Gasteiger partial charge < -0.3 is 10.8 Å². The molecule has 1 saturated carbocycles. The molecule has 2 rings (SSSR count). The molecular weight excluding hydrogens is 188 g/mol. The molecule has 1 fully saturated rings. The lowest BCUT2D eigenvalue weighted by atomic mass is 9.91. The number of nitrogen functional groups attached to an aromatic ring is 1. The molecule has 0 aliphatic heterocycles. The molecule has 3 heteroatoms. The van der Waals surface area contributed by atoms with E-state index in [0.717, 1.165) is 12.1 Å². The van der Waals surface area contributed by atoms with Gasteiger partial charge in [0.2, 0.25) is 0 Å². The summed E-state index contributed by atoms with van der Waals surface area (Å²) in [6.07, 6.45) is 3.89. The Bertz CT molecular complexity index is 347. The molecule has 0 spiro atoms. The van der Waals surface area contributed by atoms with Crippen LogP contribution in [0.5, 0.6) is 5.75 Å². The first kappa shape index (κ1) is 10.3. The van der Waals surface area contributed by atoms with Crippen molar-refractivity contribution in [2.75, 3.05) is 12.8 Å². The fourth-order valence-corrected chi connectivity index (χ4v) is 1.96. The van der Waals surface area contributed by atoms with Gasteiger partial charge in [0.1, 0.15) is 5.75 Å². The molecule has 0 atom stereocenters. The van der Waals surface area contributed by atoms with Crippen LogP contribution in [0.25, 0.3) is 0 Å². The van der Waals surface area contributed by atoms with Crippen molar-refractivity contribution in [3.8, 4) is 5.75 Å². The molecule has 15 heavy (non-hydrogen) atoms. The van der Waals surface area contributed by atoms with Gasteiger partial charge in [0.15, 0.2) is 0 Å². The Labute approximate surface area is 90.5 Å². The molecule has 1 aromatic carbocycles. The highest BCUT2D eigenvalue weighted by molar-refractivity contribution is 5.47. The van der Waals surface area contributed by atoms with Gasteiger partial charge in [-0.3, -0.25) is 4.90 Å². The molecule has 1 aromatic rings. The molecule has 0 amide bonds. The van der Waals surface area contributed by atoms with Gasteiger partial charge in [0, 0.05) is 23.8 Å². The largest absolute Gasteiger partial charge is 0.508 e. The number of phenolic OH excluding ortho intramolecular Hbond substituents is 1. The summed E-state index contributed by atoms with van der Waals surface area (Å²) in [6, 6.07) is 5.93. The minimum atomic E-state index is 0.343. The summed E-state index contributed by atoms with van der Waals surface area (Å²) in [6.45, 7) is 0.779. The number of benzene rings is 1. The molecule has 3 N–H and O–H groups in total. The minimum Gasteiger partial charge on any atom is -0.508 e. The average molecular weight is 206 g/mol. The molecule has 0 heterocycles. The van der Waals surface area contributed by atoms with Gasteiger partial charge >= 0.3 is 0 Å². The van der Waals surface area contributed by atoms with Crippen LogP contribution in [0, 0.1) is 0 Å². The van der Waals surface area contributed by atoms with Gasteiger partial charge in [0.25, 0.3) is 0 Å². The van der Waals surface area contributed by atoms with E-state index < -0.39 is 0 Å². The lowest BCUT2D eigenvalue weighted by Gasteiger charge is -2.34. The van der Waals surface area contributed by atoms with Crippen LogP contribution in [-0.4, -0.2) is 23.1 Å². The van der Waals surface area contributed by atoms with Crippen LogP contribution in [0.4, 0.5) is 5.69 Å². The fraction of sp³-hybridized carbons (Fsp3) is 0.500. The van der Waals surface area contributed by atoms with Crippen LogP contribution in [0.3, 0.4) is 0 Å².